The van der Waals surface area contributed by atoms with Gasteiger partial charge in [-0.2, -0.15) is 13.2 Å². The Labute approximate surface area is 107 Å². The number of pyridine rings is 1. The highest BCUT2D eigenvalue weighted by Gasteiger charge is 2.31. The Morgan fingerprint density at radius 1 is 1.47 bits per heavy atom. The molecule has 0 aromatic carbocycles. The lowest BCUT2D eigenvalue weighted by Crippen LogP contribution is -2.13. The van der Waals surface area contributed by atoms with Crippen LogP contribution in [0.5, 0.6) is 0 Å². The zero-order valence-electron chi connectivity index (χ0n) is 8.89. The van der Waals surface area contributed by atoms with Gasteiger partial charge in [-0.1, -0.05) is 11.6 Å². The number of nitrogens with zero attached hydrogens (tertiary/aromatic N) is 1. The van der Waals surface area contributed by atoms with Crippen molar-refractivity contribution >= 4 is 23.2 Å². The quantitative estimate of drug-likeness (QED) is 0.790. The summed E-state index contributed by atoms with van der Waals surface area (Å²) in [4.78, 5) is 3.67. The van der Waals surface area contributed by atoms with Crippen LogP contribution in [0.15, 0.2) is 12.3 Å². The molecule has 2 nitrogen and oxygen atoms in total. The minimum absolute atomic E-state index is 0.0402. The Balaban J connectivity index is 2.83. The molecule has 0 aliphatic rings. The topological polar surface area (TPSA) is 22.1 Å². The lowest BCUT2D eigenvalue weighted by atomic mass is 10.2. The molecule has 0 saturated heterocycles. The van der Waals surface area contributed by atoms with Crippen LogP contribution in [0, 0.1) is 0 Å². The van der Waals surface area contributed by atoms with Gasteiger partial charge in [0.2, 0.25) is 0 Å². The van der Waals surface area contributed by atoms with E-state index in [0.717, 1.165) is 12.3 Å². The fraction of sp³-hybridized carbons (Fsp3) is 0.500. The minimum atomic E-state index is -4.44. The zero-order chi connectivity index (χ0) is 13.1. The number of aromatic nitrogens is 1. The molecule has 0 aliphatic carbocycles. The molecule has 1 aromatic heterocycles. The number of ether oxygens (including phenoxy) is 1. The predicted octanol–water partition coefficient (Wildman–Crippen LogP) is 3.55. The summed E-state index contributed by atoms with van der Waals surface area (Å²) in [7, 11) is 1.48. The summed E-state index contributed by atoms with van der Waals surface area (Å²) in [5, 5.41) is -0.414. The van der Waals surface area contributed by atoms with Crippen molar-refractivity contribution in [3.8, 4) is 0 Å². The Morgan fingerprint density at radius 3 is 2.59 bits per heavy atom. The Kier molecular flexibility index (Phi) is 5.04. The van der Waals surface area contributed by atoms with Gasteiger partial charge in [0, 0.05) is 19.7 Å². The van der Waals surface area contributed by atoms with E-state index < -0.39 is 11.7 Å². The summed E-state index contributed by atoms with van der Waals surface area (Å²) in [6.45, 7) is 0.278. The molecule has 0 spiro atoms. The van der Waals surface area contributed by atoms with Crippen molar-refractivity contribution < 1.29 is 17.9 Å². The standard InChI is InChI=1S/C10H10Cl2F3NO/c1-17-5-7(11)3-9-8(12)2-6(4-16-9)10(13,14)15/h2,4,7H,3,5H2,1H3. The first-order valence-corrected chi connectivity index (χ1v) is 5.50. The second-order valence-electron chi connectivity index (χ2n) is 3.41. The predicted molar refractivity (Wildman–Crippen MR) is 59.5 cm³/mol. The molecule has 1 rings (SSSR count). The molecule has 0 saturated carbocycles. The third-order valence-corrected chi connectivity index (χ3v) is 2.61. The van der Waals surface area contributed by atoms with E-state index in [1.807, 2.05) is 0 Å². The highest BCUT2D eigenvalue weighted by Crippen LogP contribution is 2.31. The van der Waals surface area contributed by atoms with Gasteiger partial charge in [0.1, 0.15) is 0 Å². The van der Waals surface area contributed by atoms with Crippen molar-refractivity contribution in [1.82, 2.24) is 4.98 Å². The van der Waals surface area contributed by atoms with E-state index in [2.05, 4.69) is 4.98 Å². The van der Waals surface area contributed by atoms with Crippen LogP contribution in [-0.2, 0) is 17.3 Å². The highest BCUT2D eigenvalue weighted by atomic mass is 35.5. The first-order chi connectivity index (χ1) is 7.84. The second-order valence-corrected chi connectivity index (χ2v) is 4.43. The molecule has 0 amide bonds. The van der Waals surface area contributed by atoms with E-state index in [1.165, 1.54) is 7.11 Å². The SMILES string of the molecule is COCC(Cl)Cc1ncc(C(F)(F)F)cc1Cl. The minimum Gasteiger partial charge on any atom is -0.383 e. The van der Waals surface area contributed by atoms with Crippen molar-refractivity contribution in [1.29, 1.82) is 0 Å². The number of methoxy groups -OCH3 is 1. The fourth-order valence-electron chi connectivity index (χ4n) is 1.22. The smallest absolute Gasteiger partial charge is 0.383 e. The first-order valence-electron chi connectivity index (χ1n) is 4.69. The molecule has 1 aromatic rings. The van der Waals surface area contributed by atoms with Crippen LogP contribution in [0.1, 0.15) is 11.3 Å². The van der Waals surface area contributed by atoms with Gasteiger partial charge in [-0.25, -0.2) is 0 Å². The summed E-state index contributed by atoms with van der Waals surface area (Å²) in [6.07, 6.45) is -3.44. The summed E-state index contributed by atoms with van der Waals surface area (Å²) in [6, 6.07) is 0.848. The molecule has 0 fully saturated rings. The van der Waals surface area contributed by atoms with E-state index in [4.69, 9.17) is 27.9 Å². The monoisotopic (exact) mass is 287 g/mol. The van der Waals surface area contributed by atoms with Crippen LogP contribution in [0.2, 0.25) is 5.02 Å². The van der Waals surface area contributed by atoms with Crippen LogP contribution in [-0.4, -0.2) is 24.1 Å². The van der Waals surface area contributed by atoms with Crippen LogP contribution >= 0.6 is 23.2 Å². The lowest BCUT2D eigenvalue weighted by molar-refractivity contribution is -0.137. The maximum atomic E-state index is 12.3. The third-order valence-electron chi connectivity index (χ3n) is 2.01. The third kappa shape index (κ3) is 4.33. The Morgan fingerprint density at radius 2 is 2.12 bits per heavy atom. The zero-order valence-corrected chi connectivity index (χ0v) is 10.4. The van der Waals surface area contributed by atoms with Crippen LogP contribution in [0.4, 0.5) is 13.2 Å². The molecule has 1 atom stereocenters. The van der Waals surface area contributed by atoms with Crippen LogP contribution in [0.25, 0.3) is 0 Å². The van der Waals surface area contributed by atoms with Gasteiger partial charge >= 0.3 is 6.18 Å². The van der Waals surface area contributed by atoms with Crippen molar-refractivity contribution in [2.45, 2.75) is 18.0 Å². The van der Waals surface area contributed by atoms with Gasteiger partial charge in [-0.3, -0.25) is 4.98 Å². The maximum absolute atomic E-state index is 12.3. The van der Waals surface area contributed by atoms with Crippen molar-refractivity contribution in [2.24, 2.45) is 0 Å². The van der Waals surface area contributed by atoms with Gasteiger partial charge in [-0.05, 0) is 6.07 Å². The first kappa shape index (κ1) is 14.5. The average molecular weight is 288 g/mol. The molecule has 0 aliphatic heterocycles. The van der Waals surface area contributed by atoms with Crippen LogP contribution in [0.3, 0.4) is 0 Å². The van der Waals surface area contributed by atoms with Gasteiger partial charge in [0.15, 0.2) is 0 Å². The molecular weight excluding hydrogens is 278 g/mol. The number of rotatable bonds is 4. The Bertz CT molecular complexity index is 384. The number of alkyl halides is 4. The molecule has 96 valence electrons. The molecule has 1 heterocycles. The molecule has 1 unspecified atom stereocenters. The van der Waals surface area contributed by atoms with Crippen LogP contribution < -0.4 is 0 Å². The van der Waals surface area contributed by atoms with Gasteiger partial charge in [-0.15, -0.1) is 11.6 Å². The lowest BCUT2D eigenvalue weighted by Gasteiger charge is -2.11. The second kappa shape index (κ2) is 5.89. The Hall–Kier alpha value is -0.520. The summed E-state index contributed by atoms with van der Waals surface area (Å²) in [5.74, 6) is 0. The van der Waals surface area contributed by atoms with E-state index in [0.29, 0.717) is 5.69 Å². The summed E-state index contributed by atoms with van der Waals surface area (Å²) >= 11 is 11.6. The molecule has 7 heteroatoms. The van der Waals surface area contributed by atoms with Crippen molar-refractivity contribution in [3.05, 3.63) is 28.5 Å². The van der Waals surface area contributed by atoms with Gasteiger partial charge in [0.25, 0.3) is 0 Å². The van der Waals surface area contributed by atoms with E-state index in [-0.39, 0.29) is 23.4 Å². The molecule has 0 bridgehead atoms. The molecular formula is C10H10Cl2F3NO. The number of halogens is 5. The maximum Gasteiger partial charge on any atom is 0.417 e. The van der Waals surface area contributed by atoms with Gasteiger partial charge in [0.05, 0.1) is 28.3 Å². The van der Waals surface area contributed by atoms with Gasteiger partial charge < -0.3 is 4.74 Å². The van der Waals surface area contributed by atoms with E-state index >= 15 is 0 Å². The fourth-order valence-corrected chi connectivity index (χ4v) is 1.74. The van der Waals surface area contributed by atoms with E-state index in [1.54, 1.807) is 0 Å². The normalized spacial score (nSPS) is 13.8. The molecule has 17 heavy (non-hydrogen) atoms. The number of hydrogen-bond acceptors (Lipinski definition) is 2. The molecule has 0 radical (unpaired) electrons. The summed E-state index contributed by atoms with van der Waals surface area (Å²) in [5.41, 5.74) is -0.541. The van der Waals surface area contributed by atoms with Crippen molar-refractivity contribution in [2.75, 3.05) is 13.7 Å². The molecule has 0 N–H and O–H groups in total. The van der Waals surface area contributed by atoms with E-state index in [9.17, 15) is 13.2 Å². The average Bonchev–Trinajstić information content (AvgIpc) is 2.20. The highest BCUT2D eigenvalue weighted by molar-refractivity contribution is 6.31. The largest absolute Gasteiger partial charge is 0.417 e. The summed E-state index contributed by atoms with van der Waals surface area (Å²) < 4.78 is 41.8. The van der Waals surface area contributed by atoms with Crippen molar-refractivity contribution in [3.63, 3.8) is 0 Å². The number of hydrogen-bond donors (Lipinski definition) is 0.